The SMILES string of the molecule is CCOC(=O)C(NC(=O)CC1=CCCCC1)C(=O)OCC. The Balaban J connectivity index is 2.61. The fourth-order valence-corrected chi connectivity index (χ4v) is 2.15. The lowest BCUT2D eigenvalue weighted by Gasteiger charge is -2.17. The van der Waals surface area contributed by atoms with Gasteiger partial charge in [0, 0.05) is 6.42 Å². The van der Waals surface area contributed by atoms with E-state index in [1.54, 1.807) is 13.8 Å². The molecule has 1 amide bonds. The van der Waals surface area contributed by atoms with Crippen LogP contribution in [0.2, 0.25) is 0 Å². The van der Waals surface area contributed by atoms with Crippen LogP contribution in [0, 0.1) is 0 Å². The maximum atomic E-state index is 12.0. The van der Waals surface area contributed by atoms with Crippen LogP contribution in [-0.4, -0.2) is 37.1 Å². The van der Waals surface area contributed by atoms with Crippen LogP contribution in [0.3, 0.4) is 0 Å². The van der Waals surface area contributed by atoms with Crippen LogP contribution in [0.15, 0.2) is 11.6 Å². The van der Waals surface area contributed by atoms with Crippen molar-refractivity contribution in [3.05, 3.63) is 11.6 Å². The lowest BCUT2D eigenvalue weighted by atomic mass is 9.97. The summed E-state index contributed by atoms with van der Waals surface area (Å²) in [7, 11) is 0. The van der Waals surface area contributed by atoms with Crippen molar-refractivity contribution in [1.29, 1.82) is 0 Å². The van der Waals surface area contributed by atoms with Crippen LogP contribution >= 0.6 is 0 Å². The first-order chi connectivity index (χ1) is 10.1. The van der Waals surface area contributed by atoms with E-state index in [-0.39, 0.29) is 25.5 Å². The first-order valence-corrected chi connectivity index (χ1v) is 7.39. The van der Waals surface area contributed by atoms with Gasteiger partial charge in [-0.25, -0.2) is 9.59 Å². The summed E-state index contributed by atoms with van der Waals surface area (Å²) in [5, 5.41) is 2.40. The summed E-state index contributed by atoms with van der Waals surface area (Å²) in [5.74, 6) is -1.95. The van der Waals surface area contributed by atoms with E-state index in [2.05, 4.69) is 5.32 Å². The van der Waals surface area contributed by atoms with Gasteiger partial charge in [0.05, 0.1) is 13.2 Å². The van der Waals surface area contributed by atoms with Gasteiger partial charge in [-0.2, -0.15) is 0 Å². The monoisotopic (exact) mass is 297 g/mol. The second-order valence-electron chi connectivity index (χ2n) is 4.79. The third-order valence-electron chi connectivity index (χ3n) is 3.12. The van der Waals surface area contributed by atoms with Gasteiger partial charge >= 0.3 is 11.9 Å². The molecule has 0 heterocycles. The lowest BCUT2D eigenvalue weighted by molar-refractivity contribution is -0.159. The molecule has 1 aliphatic carbocycles. The topological polar surface area (TPSA) is 81.7 Å². The molecule has 1 aliphatic rings. The number of hydrogen-bond acceptors (Lipinski definition) is 5. The van der Waals surface area contributed by atoms with Crippen molar-refractivity contribution in [3.63, 3.8) is 0 Å². The molecule has 0 aromatic carbocycles. The van der Waals surface area contributed by atoms with Crippen LogP contribution in [0.4, 0.5) is 0 Å². The molecule has 6 heteroatoms. The second kappa shape index (κ2) is 9.15. The van der Waals surface area contributed by atoms with Gasteiger partial charge in [-0.15, -0.1) is 0 Å². The molecule has 0 bridgehead atoms. The zero-order chi connectivity index (χ0) is 15.7. The minimum Gasteiger partial charge on any atom is -0.464 e. The fourth-order valence-electron chi connectivity index (χ4n) is 2.15. The van der Waals surface area contributed by atoms with E-state index in [4.69, 9.17) is 9.47 Å². The average Bonchev–Trinajstić information content (AvgIpc) is 2.46. The standard InChI is InChI=1S/C15H23NO5/c1-3-20-14(18)13(15(19)21-4-2)16-12(17)10-11-8-6-5-7-9-11/h8,13H,3-7,9-10H2,1-2H3,(H,16,17). The van der Waals surface area contributed by atoms with Crippen molar-refractivity contribution in [1.82, 2.24) is 5.32 Å². The van der Waals surface area contributed by atoms with Crippen LogP contribution in [0.1, 0.15) is 46.0 Å². The summed E-state index contributed by atoms with van der Waals surface area (Å²) in [5.41, 5.74) is 1.05. The molecule has 0 atom stereocenters. The zero-order valence-electron chi connectivity index (χ0n) is 12.6. The van der Waals surface area contributed by atoms with Gasteiger partial charge in [0.1, 0.15) is 0 Å². The van der Waals surface area contributed by atoms with Gasteiger partial charge in [0.2, 0.25) is 11.9 Å². The Morgan fingerprint density at radius 2 is 1.76 bits per heavy atom. The highest BCUT2D eigenvalue weighted by atomic mass is 16.6. The predicted octanol–water partition coefficient (Wildman–Crippen LogP) is 1.49. The number of allylic oxidation sites excluding steroid dienone is 1. The van der Waals surface area contributed by atoms with E-state index in [1.165, 1.54) is 0 Å². The Labute approximate surface area is 124 Å². The highest BCUT2D eigenvalue weighted by molar-refractivity contribution is 6.02. The summed E-state index contributed by atoms with van der Waals surface area (Å²) >= 11 is 0. The molecule has 0 aromatic rings. The highest BCUT2D eigenvalue weighted by Crippen LogP contribution is 2.19. The Kier molecular flexibility index (Phi) is 7.50. The van der Waals surface area contributed by atoms with Gasteiger partial charge in [-0.3, -0.25) is 4.79 Å². The number of ether oxygens (including phenoxy) is 2. The average molecular weight is 297 g/mol. The number of rotatable bonds is 7. The van der Waals surface area contributed by atoms with E-state index < -0.39 is 18.0 Å². The van der Waals surface area contributed by atoms with E-state index in [0.29, 0.717) is 0 Å². The first-order valence-electron chi connectivity index (χ1n) is 7.39. The number of hydrogen-bond donors (Lipinski definition) is 1. The van der Waals surface area contributed by atoms with Crippen molar-refractivity contribution in [2.45, 2.75) is 52.0 Å². The molecule has 1 rings (SSSR count). The fraction of sp³-hybridized carbons (Fsp3) is 0.667. The molecule has 0 spiro atoms. The molecule has 0 saturated carbocycles. The Bertz CT molecular complexity index is 398. The summed E-state index contributed by atoms with van der Waals surface area (Å²) in [6.07, 6.45) is 6.32. The highest BCUT2D eigenvalue weighted by Gasteiger charge is 2.31. The molecular weight excluding hydrogens is 274 g/mol. The molecule has 0 aromatic heterocycles. The molecule has 0 saturated heterocycles. The minimum absolute atomic E-state index is 0.135. The van der Waals surface area contributed by atoms with Crippen LogP contribution in [0.25, 0.3) is 0 Å². The van der Waals surface area contributed by atoms with Gasteiger partial charge in [-0.1, -0.05) is 11.6 Å². The van der Waals surface area contributed by atoms with Gasteiger partial charge in [-0.05, 0) is 39.5 Å². The van der Waals surface area contributed by atoms with E-state index >= 15 is 0 Å². The van der Waals surface area contributed by atoms with E-state index in [0.717, 1.165) is 31.3 Å². The molecule has 0 fully saturated rings. The number of carbonyl (C=O) groups is 3. The molecular formula is C15H23NO5. The van der Waals surface area contributed by atoms with Crippen molar-refractivity contribution in [3.8, 4) is 0 Å². The summed E-state index contributed by atoms with van der Waals surface area (Å²) in [6, 6.07) is -1.39. The Hall–Kier alpha value is -1.85. The van der Waals surface area contributed by atoms with Crippen LogP contribution < -0.4 is 5.32 Å². The molecule has 6 nitrogen and oxygen atoms in total. The van der Waals surface area contributed by atoms with Crippen LogP contribution in [0.5, 0.6) is 0 Å². The molecule has 21 heavy (non-hydrogen) atoms. The number of carbonyl (C=O) groups excluding carboxylic acids is 3. The van der Waals surface area contributed by atoms with Crippen molar-refractivity contribution in [2.24, 2.45) is 0 Å². The molecule has 0 aliphatic heterocycles. The number of nitrogens with one attached hydrogen (secondary N) is 1. The third-order valence-corrected chi connectivity index (χ3v) is 3.12. The van der Waals surface area contributed by atoms with Gasteiger partial charge < -0.3 is 14.8 Å². The van der Waals surface area contributed by atoms with E-state index in [1.807, 2.05) is 6.08 Å². The van der Waals surface area contributed by atoms with Crippen molar-refractivity contribution in [2.75, 3.05) is 13.2 Å². The van der Waals surface area contributed by atoms with E-state index in [9.17, 15) is 14.4 Å². The normalized spacial score (nSPS) is 14.3. The predicted molar refractivity (Wildman–Crippen MR) is 76.4 cm³/mol. The Morgan fingerprint density at radius 3 is 2.24 bits per heavy atom. The molecule has 0 radical (unpaired) electrons. The maximum absolute atomic E-state index is 12.0. The Morgan fingerprint density at radius 1 is 1.14 bits per heavy atom. The molecule has 118 valence electrons. The van der Waals surface area contributed by atoms with Gasteiger partial charge in [0.25, 0.3) is 0 Å². The summed E-state index contributed by atoms with van der Waals surface area (Å²) in [6.45, 7) is 3.54. The molecule has 1 N–H and O–H groups in total. The van der Waals surface area contributed by atoms with Crippen LogP contribution in [-0.2, 0) is 23.9 Å². The minimum atomic E-state index is -1.39. The summed E-state index contributed by atoms with van der Waals surface area (Å²) in [4.78, 5) is 35.4. The third kappa shape index (κ3) is 5.97. The quantitative estimate of drug-likeness (QED) is 0.437. The number of amides is 1. The van der Waals surface area contributed by atoms with Crippen molar-refractivity contribution < 1.29 is 23.9 Å². The first kappa shape index (κ1) is 17.2. The summed E-state index contributed by atoms with van der Waals surface area (Å²) < 4.78 is 9.59. The lowest BCUT2D eigenvalue weighted by Crippen LogP contribution is -2.48. The maximum Gasteiger partial charge on any atom is 0.340 e. The smallest absolute Gasteiger partial charge is 0.340 e. The zero-order valence-corrected chi connectivity index (χ0v) is 12.6. The van der Waals surface area contributed by atoms with Crippen molar-refractivity contribution >= 4 is 17.8 Å². The largest absolute Gasteiger partial charge is 0.464 e. The van der Waals surface area contributed by atoms with Gasteiger partial charge in [0.15, 0.2) is 0 Å². The number of esters is 2. The second-order valence-corrected chi connectivity index (χ2v) is 4.79. The molecule has 0 unspecified atom stereocenters.